The monoisotopic (exact) mass is 261 g/mol. The summed E-state index contributed by atoms with van der Waals surface area (Å²) < 4.78 is 26.0. The Balaban J connectivity index is 1.92. The molecule has 0 aromatic carbocycles. The minimum Gasteiger partial charge on any atom is -0.330 e. The summed E-state index contributed by atoms with van der Waals surface area (Å²) in [6, 6.07) is 0. The van der Waals surface area contributed by atoms with Crippen LogP contribution in [0.25, 0.3) is 0 Å². The summed E-state index contributed by atoms with van der Waals surface area (Å²) in [5.74, 6) is -2.29. The van der Waals surface area contributed by atoms with Crippen molar-refractivity contribution in [3.63, 3.8) is 0 Å². The van der Waals surface area contributed by atoms with Crippen molar-refractivity contribution in [1.82, 2.24) is 10.2 Å². The Bertz CT molecular complexity index is 357. The van der Waals surface area contributed by atoms with Crippen LogP contribution in [0.2, 0.25) is 0 Å². The number of aryl methyl sites for hydroxylation is 1. The molecule has 0 atom stereocenters. The van der Waals surface area contributed by atoms with E-state index >= 15 is 0 Å². The van der Waals surface area contributed by atoms with Gasteiger partial charge in [-0.3, -0.25) is 0 Å². The lowest BCUT2D eigenvalue weighted by Gasteiger charge is -2.26. The molecular weight excluding hydrogens is 244 g/mol. The van der Waals surface area contributed by atoms with Crippen LogP contribution < -0.4 is 5.73 Å². The van der Waals surface area contributed by atoms with Crippen LogP contribution in [0.5, 0.6) is 0 Å². The number of halogens is 2. The maximum absolute atomic E-state index is 13.0. The molecule has 1 aromatic rings. The topological polar surface area (TPSA) is 51.8 Å². The highest BCUT2D eigenvalue weighted by atomic mass is 32.1. The third-order valence-electron chi connectivity index (χ3n) is 3.14. The van der Waals surface area contributed by atoms with Crippen LogP contribution in [0.3, 0.4) is 0 Å². The SMILES string of the molecule is NCCCc1nnc(C2CCC(F)(F)CC2)s1. The standard InChI is InChI=1S/C11H17F2N3S/c12-11(13)5-3-8(4-6-11)10-16-15-9(17-10)2-1-7-14/h8H,1-7,14H2. The van der Waals surface area contributed by atoms with E-state index in [1.165, 1.54) is 0 Å². The Kier molecular flexibility index (Phi) is 4.04. The molecule has 1 aromatic heterocycles. The van der Waals surface area contributed by atoms with Crippen molar-refractivity contribution in [2.45, 2.75) is 50.4 Å². The van der Waals surface area contributed by atoms with E-state index in [-0.39, 0.29) is 18.8 Å². The normalized spacial score (nSPS) is 20.6. The Hall–Kier alpha value is -0.620. The van der Waals surface area contributed by atoms with Gasteiger partial charge in [0, 0.05) is 25.2 Å². The molecule has 2 N–H and O–H groups in total. The highest BCUT2D eigenvalue weighted by molar-refractivity contribution is 7.11. The number of aromatic nitrogens is 2. The first-order valence-electron chi connectivity index (χ1n) is 6.01. The number of alkyl halides is 2. The highest BCUT2D eigenvalue weighted by Crippen LogP contribution is 2.41. The average molecular weight is 261 g/mol. The Morgan fingerprint density at radius 2 is 2.00 bits per heavy atom. The molecule has 0 bridgehead atoms. The zero-order valence-electron chi connectivity index (χ0n) is 9.66. The van der Waals surface area contributed by atoms with E-state index in [0.717, 1.165) is 22.9 Å². The van der Waals surface area contributed by atoms with Crippen molar-refractivity contribution < 1.29 is 8.78 Å². The first-order chi connectivity index (χ1) is 8.11. The smallest absolute Gasteiger partial charge is 0.248 e. The summed E-state index contributed by atoms with van der Waals surface area (Å²) in [7, 11) is 0. The highest BCUT2D eigenvalue weighted by Gasteiger charge is 2.36. The predicted molar refractivity (Wildman–Crippen MR) is 63.4 cm³/mol. The first-order valence-corrected chi connectivity index (χ1v) is 6.82. The predicted octanol–water partition coefficient (Wildman–Crippen LogP) is 2.72. The van der Waals surface area contributed by atoms with Gasteiger partial charge >= 0.3 is 0 Å². The lowest BCUT2D eigenvalue weighted by molar-refractivity contribution is -0.0382. The number of hydrogen-bond acceptors (Lipinski definition) is 4. The minimum absolute atomic E-state index is 0.0185. The van der Waals surface area contributed by atoms with Gasteiger partial charge in [0.15, 0.2) is 0 Å². The fourth-order valence-corrected chi connectivity index (χ4v) is 3.13. The van der Waals surface area contributed by atoms with E-state index in [9.17, 15) is 8.78 Å². The molecule has 96 valence electrons. The fourth-order valence-electron chi connectivity index (χ4n) is 2.07. The third-order valence-corrected chi connectivity index (χ3v) is 4.29. The molecule has 0 aliphatic heterocycles. The Labute approximate surface area is 103 Å². The zero-order valence-corrected chi connectivity index (χ0v) is 10.5. The van der Waals surface area contributed by atoms with Crippen molar-refractivity contribution in [2.24, 2.45) is 5.73 Å². The van der Waals surface area contributed by atoms with Crippen LogP contribution in [-0.4, -0.2) is 22.7 Å². The summed E-state index contributed by atoms with van der Waals surface area (Å²) >= 11 is 1.56. The van der Waals surface area contributed by atoms with E-state index in [1.54, 1.807) is 11.3 Å². The molecule has 1 aliphatic rings. The average Bonchev–Trinajstić information content (AvgIpc) is 2.75. The maximum atomic E-state index is 13.0. The Morgan fingerprint density at radius 1 is 1.29 bits per heavy atom. The Morgan fingerprint density at radius 3 is 2.65 bits per heavy atom. The fraction of sp³-hybridized carbons (Fsp3) is 0.818. The van der Waals surface area contributed by atoms with Gasteiger partial charge in [0.05, 0.1) is 0 Å². The van der Waals surface area contributed by atoms with Gasteiger partial charge < -0.3 is 5.73 Å². The van der Waals surface area contributed by atoms with Gasteiger partial charge in [-0.1, -0.05) is 0 Å². The second kappa shape index (κ2) is 5.35. The lowest BCUT2D eigenvalue weighted by atomic mass is 9.87. The molecule has 0 saturated heterocycles. The van der Waals surface area contributed by atoms with Gasteiger partial charge in [-0.25, -0.2) is 8.78 Å². The van der Waals surface area contributed by atoms with Crippen LogP contribution in [0.1, 0.15) is 48.0 Å². The summed E-state index contributed by atoms with van der Waals surface area (Å²) in [6.45, 7) is 0.643. The number of rotatable bonds is 4. The van der Waals surface area contributed by atoms with Gasteiger partial charge in [0.25, 0.3) is 0 Å². The van der Waals surface area contributed by atoms with Gasteiger partial charge in [-0.15, -0.1) is 21.5 Å². The largest absolute Gasteiger partial charge is 0.330 e. The molecule has 1 fully saturated rings. The summed E-state index contributed by atoms with van der Waals surface area (Å²) in [5, 5.41) is 10.1. The summed E-state index contributed by atoms with van der Waals surface area (Å²) in [4.78, 5) is 0. The van der Waals surface area contributed by atoms with E-state index in [1.807, 2.05) is 0 Å². The molecule has 0 unspecified atom stereocenters. The van der Waals surface area contributed by atoms with E-state index in [4.69, 9.17) is 5.73 Å². The van der Waals surface area contributed by atoms with Crippen molar-refractivity contribution in [3.8, 4) is 0 Å². The summed E-state index contributed by atoms with van der Waals surface area (Å²) in [6.07, 6.45) is 2.76. The van der Waals surface area contributed by atoms with E-state index in [2.05, 4.69) is 10.2 Å². The summed E-state index contributed by atoms with van der Waals surface area (Å²) in [5.41, 5.74) is 5.43. The second-order valence-electron chi connectivity index (χ2n) is 4.56. The van der Waals surface area contributed by atoms with Crippen LogP contribution in [0.15, 0.2) is 0 Å². The molecule has 0 spiro atoms. The van der Waals surface area contributed by atoms with E-state index < -0.39 is 5.92 Å². The molecule has 3 nitrogen and oxygen atoms in total. The maximum Gasteiger partial charge on any atom is 0.248 e. The molecular formula is C11H17F2N3S. The van der Waals surface area contributed by atoms with Gasteiger partial charge in [0.1, 0.15) is 10.0 Å². The molecule has 0 amide bonds. The van der Waals surface area contributed by atoms with Crippen LogP contribution in [-0.2, 0) is 6.42 Å². The molecule has 0 radical (unpaired) electrons. The number of hydrogen-bond donors (Lipinski definition) is 1. The number of nitrogens with zero attached hydrogens (tertiary/aromatic N) is 2. The molecule has 1 aliphatic carbocycles. The van der Waals surface area contributed by atoms with Crippen molar-refractivity contribution in [3.05, 3.63) is 10.0 Å². The molecule has 1 saturated carbocycles. The quantitative estimate of drug-likeness (QED) is 0.906. The van der Waals surface area contributed by atoms with Crippen molar-refractivity contribution in [2.75, 3.05) is 6.54 Å². The lowest BCUT2D eigenvalue weighted by Crippen LogP contribution is -2.23. The molecule has 1 heterocycles. The second-order valence-corrected chi connectivity index (χ2v) is 5.65. The van der Waals surface area contributed by atoms with Crippen LogP contribution in [0.4, 0.5) is 8.78 Å². The first kappa shape index (κ1) is 12.8. The van der Waals surface area contributed by atoms with Gasteiger partial charge in [0.2, 0.25) is 5.92 Å². The van der Waals surface area contributed by atoms with Gasteiger partial charge in [-0.2, -0.15) is 0 Å². The minimum atomic E-state index is -2.47. The van der Waals surface area contributed by atoms with Crippen LogP contribution in [0, 0.1) is 0 Å². The van der Waals surface area contributed by atoms with Crippen LogP contribution >= 0.6 is 11.3 Å². The van der Waals surface area contributed by atoms with Crippen molar-refractivity contribution in [1.29, 1.82) is 0 Å². The van der Waals surface area contributed by atoms with Gasteiger partial charge in [-0.05, 0) is 25.8 Å². The van der Waals surface area contributed by atoms with Crippen molar-refractivity contribution >= 4 is 11.3 Å². The zero-order chi connectivity index (χ0) is 12.3. The number of nitrogens with two attached hydrogens (primary N) is 1. The molecule has 17 heavy (non-hydrogen) atoms. The van der Waals surface area contributed by atoms with E-state index in [0.29, 0.717) is 19.4 Å². The molecule has 2 rings (SSSR count). The third kappa shape index (κ3) is 3.42. The molecule has 6 heteroatoms.